The number of thiophene rings is 1. The molecule has 1 unspecified atom stereocenters. The Kier molecular flexibility index (Phi) is 4.68. The lowest BCUT2D eigenvalue weighted by molar-refractivity contribution is -0.122. The molecule has 0 aliphatic rings. The van der Waals surface area contributed by atoms with Crippen LogP contribution in [0.5, 0.6) is 0 Å². The van der Waals surface area contributed by atoms with Gasteiger partial charge < -0.3 is 5.32 Å². The molecule has 8 nitrogen and oxygen atoms in total. The average Bonchev–Trinajstić information content (AvgIpc) is 3.23. The zero-order valence-corrected chi connectivity index (χ0v) is 16.7. The van der Waals surface area contributed by atoms with Crippen LogP contribution < -0.4 is 10.9 Å². The van der Waals surface area contributed by atoms with Gasteiger partial charge in [0.1, 0.15) is 4.83 Å². The highest BCUT2D eigenvalue weighted by Gasteiger charge is 2.16. The molecule has 9 heteroatoms. The van der Waals surface area contributed by atoms with E-state index in [1.54, 1.807) is 0 Å². The molecule has 1 atom stereocenters. The molecule has 1 N–H and O–H groups in total. The summed E-state index contributed by atoms with van der Waals surface area (Å²) in [6, 6.07) is 5.33. The van der Waals surface area contributed by atoms with Crippen molar-refractivity contribution in [3.63, 3.8) is 0 Å². The summed E-state index contributed by atoms with van der Waals surface area (Å²) in [4.78, 5) is 31.3. The Morgan fingerprint density at radius 3 is 2.93 bits per heavy atom. The molecule has 0 aliphatic heterocycles. The van der Waals surface area contributed by atoms with E-state index < -0.39 is 0 Å². The largest absolute Gasteiger partial charge is 0.346 e. The summed E-state index contributed by atoms with van der Waals surface area (Å²) >= 11 is 1.51. The molecule has 0 radical (unpaired) electrons. The van der Waals surface area contributed by atoms with Crippen molar-refractivity contribution in [1.29, 1.82) is 0 Å². The molecule has 4 heterocycles. The van der Waals surface area contributed by atoms with Crippen molar-refractivity contribution < 1.29 is 4.79 Å². The number of carbonyl (C=O) groups excluding carboxylic acids is 1. The summed E-state index contributed by atoms with van der Waals surface area (Å²) in [6.45, 7) is 6.04. The van der Waals surface area contributed by atoms with Crippen molar-refractivity contribution in [2.75, 3.05) is 0 Å². The number of aromatic nitrogens is 5. The highest BCUT2D eigenvalue weighted by Crippen LogP contribution is 2.25. The first kappa shape index (κ1) is 18.3. The molecule has 144 valence electrons. The second-order valence-electron chi connectivity index (χ2n) is 6.73. The van der Waals surface area contributed by atoms with Crippen molar-refractivity contribution >= 4 is 33.1 Å². The van der Waals surface area contributed by atoms with Crippen molar-refractivity contribution in [1.82, 2.24) is 29.5 Å². The van der Waals surface area contributed by atoms with E-state index in [0.29, 0.717) is 11.2 Å². The van der Waals surface area contributed by atoms with Crippen LogP contribution in [0.3, 0.4) is 0 Å². The van der Waals surface area contributed by atoms with Crippen LogP contribution >= 0.6 is 11.3 Å². The Hall–Kier alpha value is -3.07. The lowest BCUT2D eigenvalue weighted by atomic mass is 10.2. The molecule has 0 aliphatic carbocycles. The monoisotopic (exact) mass is 396 g/mol. The van der Waals surface area contributed by atoms with E-state index in [4.69, 9.17) is 0 Å². The first-order valence-corrected chi connectivity index (χ1v) is 9.81. The van der Waals surface area contributed by atoms with E-state index in [9.17, 15) is 9.59 Å². The maximum absolute atomic E-state index is 12.7. The van der Waals surface area contributed by atoms with Gasteiger partial charge in [-0.2, -0.15) is 0 Å². The predicted molar refractivity (Wildman–Crippen MR) is 108 cm³/mol. The van der Waals surface area contributed by atoms with E-state index in [1.165, 1.54) is 22.2 Å². The van der Waals surface area contributed by atoms with Crippen LogP contribution in [0.25, 0.3) is 15.9 Å². The van der Waals surface area contributed by atoms with Crippen LogP contribution in [0.2, 0.25) is 0 Å². The number of hydrogen-bond acceptors (Lipinski definition) is 6. The Morgan fingerprint density at radius 1 is 1.29 bits per heavy atom. The first-order valence-electron chi connectivity index (χ1n) is 9.00. The number of carbonyl (C=O) groups is 1. The summed E-state index contributed by atoms with van der Waals surface area (Å²) in [5.41, 5.74) is 1.59. The zero-order valence-electron chi connectivity index (χ0n) is 15.8. The van der Waals surface area contributed by atoms with Crippen LogP contribution in [0.4, 0.5) is 0 Å². The quantitative estimate of drug-likeness (QED) is 0.559. The van der Waals surface area contributed by atoms with Crippen LogP contribution in [0, 0.1) is 13.8 Å². The van der Waals surface area contributed by atoms with Gasteiger partial charge in [0.25, 0.3) is 5.56 Å². The van der Waals surface area contributed by atoms with Crippen molar-refractivity contribution in [3.8, 4) is 0 Å². The van der Waals surface area contributed by atoms with Crippen LogP contribution in [0.1, 0.15) is 35.7 Å². The Bertz CT molecular complexity index is 1240. The molecule has 0 saturated heterocycles. The number of pyridine rings is 1. The van der Waals surface area contributed by atoms with Gasteiger partial charge in [0, 0.05) is 24.0 Å². The first-order chi connectivity index (χ1) is 13.5. The fraction of sp³-hybridized carbons (Fsp3) is 0.316. The lowest BCUT2D eigenvalue weighted by Gasteiger charge is -2.13. The third kappa shape index (κ3) is 3.18. The molecule has 0 aromatic carbocycles. The molecular weight excluding hydrogens is 376 g/mol. The van der Waals surface area contributed by atoms with Crippen LogP contribution in [-0.2, 0) is 11.3 Å². The second kappa shape index (κ2) is 7.16. The molecule has 0 bridgehead atoms. The fourth-order valence-corrected chi connectivity index (χ4v) is 4.17. The lowest BCUT2D eigenvalue weighted by Crippen LogP contribution is -2.30. The highest BCUT2D eigenvalue weighted by atomic mass is 32.1. The predicted octanol–water partition coefficient (Wildman–Crippen LogP) is 2.39. The SMILES string of the molecule is Cc1sc2ncn(CCC(=O)NC(C)c3nnc4ccccn34)c(=O)c2c1C. The molecule has 0 spiro atoms. The van der Waals surface area contributed by atoms with Gasteiger partial charge in [-0.05, 0) is 38.5 Å². The van der Waals surface area contributed by atoms with E-state index in [2.05, 4.69) is 20.5 Å². The minimum Gasteiger partial charge on any atom is -0.346 e. The number of nitrogens with zero attached hydrogens (tertiary/aromatic N) is 5. The highest BCUT2D eigenvalue weighted by molar-refractivity contribution is 7.18. The van der Waals surface area contributed by atoms with Crippen molar-refractivity contribution in [3.05, 3.63) is 57.3 Å². The summed E-state index contributed by atoms with van der Waals surface area (Å²) in [5, 5.41) is 11.8. The van der Waals surface area contributed by atoms with Gasteiger partial charge in [0.05, 0.1) is 17.8 Å². The molecule has 4 rings (SSSR count). The number of hydrogen-bond donors (Lipinski definition) is 1. The molecule has 28 heavy (non-hydrogen) atoms. The molecule has 4 aromatic heterocycles. The van der Waals surface area contributed by atoms with Gasteiger partial charge in [-0.1, -0.05) is 6.07 Å². The van der Waals surface area contributed by atoms with E-state index in [0.717, 1.165) is 20.9 Å². The third-order valence-corrected chi connectivity index (χ3v) is 5.96. The topological polar surface area (TPSA) is 94.2 Å². The summed E-state index contributed by atoms with van der Waals surface area (Å²) in [7, 11) is 0. The maximum Gasteiger partial charge on any atom is 0.262 e. The van der Waals surface area contributed by atoms with Gasteiger partial charge in [-0.25, -0.2) is 4.98 Å². The molecule has 4 aromatic rings. The van der Waals surface area contributed by atoms with Crippen LogP contribution in [0.15, 0.2) is 35.5 Å². The molecule has 1 amide bonds. The van der Waals surface area contributed by atoms with Gasteiger partial charge in [0.2, 0.25) is 5.91 Å². The number of rotatable bonds is 5. The van der Waals surface area contributed by atoms with Gasteiger partial charge in [-0.3, -0.25) is 18.6 Å². The van der Waals surface area contributed by atoms with E-state index in [1.807, 2.05) is 49.6 Å². The third-order valence-electron chi connectivity index (χ3n) is 4.84. The van der Waals surface area contributed by atoms with Gasteiger partial charge >= 0.3 is 0 Å². The fourth-order valence-electron chi connectivity index (χ4n) is 3.18. The number of nitrogens with one attached hydrogen (secondary N) is 1. The smallest absolute Gasteiger partial charge is 0.262 e. The van der Waals surface area contributed by atoms with Gasteiger partial charge in [0.15, 0.2) is 11.5 Å². The normalized spacial score (nSPS) is 12.5. The average molecular weight is 396 g/mol. The van der Waals surface area contributed by atoms with E-state index in [-0.39, 0.29) is 30.5 Å². The Balaban J connectivity index is 1.46. The summed E-state index contributed by atoms with van der Waals surface area (Å²) in [6.07, 6.45) is 3.55. The second-order valence-corrected chi connectivity index (χ2v) is 7.94. The zero-order chi connectivity index (χ0) is 19.8. The number of amides is 1. The molecular formula is C19H20N6O2S. The molecule has 0 fully saturated rings. The Labute approximate surface area is 164 Å². The summed E-state index contributed by atoms with van der Waals surface area (Å²) in [5.74, 6) is 0.499. The minimum absolute atomic E-state index is 0.101. The van der Waals surface area contributed by atoms with Crippen molar-refractivity contribution in [2.45, 2.75) is 39.8 Å². The van der Waals surface area contributed by atoms with Crippen LogP contribution in [-0.4, -0.2) is 30.1 Å². The number of aryl methyl sites for hydroxylation is 3. The number of fused-ring (bicyclic) bond motifs is 2. The standard InChI is InChI=1S/C19H20N6O2S/c1-11-13(3)28-18-16(11)19(27)24(10-20-18)9-7-15(26)21-12(2)17-23-22-14-6-4-5-8-25(14)17/h4-6,8,10,12H,7,9H2,1-3H3,(H,21,26). The molecule has 0 saturated carbocycles. The van der Waals surface area contributed by atoms with E-state index >= 15 is 0 Å². The van der Waals surface area contributed by atoms with Crippen molar-refractivity contribution in [2.24, 2.45) is 0 Å². The van der Waals surface area contributed by atoms with Gasteiger partial charge in [-0.15, -0.1) is 21.5 Å². The maximum atomic E-state index is 12.7. The minimum atomic E-state index is -0.302. The summed E-state index contributed by atoms with van der Waals surface area (Å²) < 4.78 is 3.34. The Morgan fingerprint density at radius 2 is 2.11 bits per heavy atom.